The van der Waals surface area contributed by atoms with E-state index in [-0.39, 0.29) is 0 Å². The smallest absolute Gasteiger partial charge is 0.243 e. The van der Waals surface area contributed by atoms with E-state index in [2.05, 4.69) is 4.98 Å². The van der Waals surface area contributed by atoms with Gasteiger partial charge >= 0.3 is 0 Å². The van der Waals surface area contributed by atoms with E-state index in [0.29, 0.717) is 24.4 Å². The highest BCUT2D eigenvalue weighted by Gasteiger charge is 2.24. The minimum atomic E-state index is -3.54. The summed E-state index contributed by atoms with van der Waals surface area (Å²) in [5.41, 5.74) is 0.893. The Labute approximate surface area is 142 Å². The maximum atomic E-state index is 13.1. The van der Waals surface area contributed by atoms with Crippen LogP contribution < -0.4 is 0 Å². The monoisotopic (exact) mass is 340 g/mol. The predicted octanol–water partition coefficient (Wildman–Crippen LogP) is 3.49. The Kier molecular flexibility index (Phi) is 4.92. The van der Waals surface area contributed by atoms with Crippen molar-refractivity contribution in [2.75, 3.05) is 13.1 Å². The van der Waals surface area contributed by atoms with Crippen molar-refractivity contribution in [2.24, 2.45) is 0 Å². The summed E-state index contributed by atoms with van der Waals surface area (Å²) in [6.45, 7) is 2.71. The molecule has 0 bridgehead atoms. The SMILES string of the molecule is CCN(CCc1ccccn1)S(=O)(=O)c1cccc2ccccc12. The molecule has 0 N–H and O–H groups in total. The van der Waals surface area contributed by atoms with Crippen molar-refractivity contribution in [3.05, 3.63) is 72.6 Å². The molecule has 0 aliphatic heterocycles. The quantitative estimate of drug-likeness (QED) is 0.690. The Morgan fingerprint density at radius 2 is 1.71 bits per heavy atom. The van der Waals surface area contributed by atoms with Crippen LogP contribution in [0.2, 0.25) is 0 Å². The maximum Gasteiger partial charge on any atom is 0.243 e. The molecule has 0 radical (unpaired) electrons. The number of hydrogen-bond donors (Lipinski definition) is 0. The van der Waals surface area contributed by atoms with E-state index >= 15 is 0 Å². The van der Waals surface area contributed by atoms with Crippen LogP contribution in [0.1, 0.15) is 12.6 Å². The van der Waals surface area contributed by atoms with Crippen LogP contribution in [-0.2, 0) is 16.4 Å². The topological polar surface area (TPSA) is 50.3 Å². The van der Waals surface area contributed by atoms with Crippen LogP contribution in [0.4, 0.5) is 0 Å². The molecule has 0 saturated heterocycles. The second kappa shape index (κ2) is 7.11. The van der Waals surface area contributed by atoms with Crippen molar-refractivity contribution >= 4 is 20.8 Å². The molecule has 2 aromatic carbocycles. The van der Waals surface area contributed by atoms with E-state index in [1.54, 1.807) is 18.3 Å². The molecule has 0 aliphatic carbocycles. The molecule has 4 nitrogen and oxygen atoms in total. The van der Waals surface area contributed by atoms with Gasteiger partial charge in [-0.3, -0.25) is 4.98 Å². The zero-order chi connectivity index (χ0) is 17.0. The summed E-state index contributed by atoms with van der Waals surface area (Å²) in [6, 6.07) is 18.7. The number of hydrogen-bond acceptors (Lipinski definition) is 3. The summed E-state index contributed by atoms with van der Waals surface area (Å²) in [5, 5.41) is 1.69. The summed E-state index contributed by atoms with van der Waals surface area (Å²) in [4.78, 5) is 4.63. The number of aromatic nitrogens is 1. The summed E-state index contributed by atoms with van der Waals surface area (Å²) in [6.07, 6.45) is 2.32. The minimum Gasteiger partial charge on any atom is -0.261 e. The molecule has 124 valence electrons. The van der Waals surface area contributed by atoms with E-state index < -0.39 is 10.0 Å². The van der Waals surface area contributed by atoms with Crippen molar-refractivity contribution in [3.63, 3.8) is 0 Å². The molecule has 0 spiro atoms. The number of likely N-dealkylation sites (N-methyl/N-ethyl adjacent to an activating group) is 1. The van der Waals surface area contributed by atoms with Crippen LogP contribution in [0.3, 0.4) is 0 Å². The molecular weight excluding hydrogens is 320 g/mol. The molecular formula is C19H20N2O2S. The van der Waals surface area contributed by atoms with Gasteiger partial charge in [-0.05, 0) is 23.6 Å². The number of benzene rings is 2. The summed E-state index contributed by atoms with van der Waals surface area (Å²) >= 11 is 0. The molecule has 0 amide bonds. The lowest BCUT2D eigenvalue weighted by molar-refractivity contribution is 0.430. The third kappa shape index (κ3) is 3.32. The Balaban J connectivity index is 1.92. The molecule has 0 saturated carbocycles. The van der Waals surface area contributed by atoms with Gasteiger partial charge in [-0.1, -0.05) is 49.4 Å². The first kappa shape index (κ1) is 16.6. The number of rotatable bonds is 6. The zero-order valence-electron chi connectivity index (χ0n) is 13.6. The molecule has 0 fully saturated rings. The van der Waals surface area contributed by atoms with Crippen LogP contribution in [0.5, 0.6) is 0 Å². The van der Waals surface area contributed by atoms with Gasteiger partial charge in [0, 0.05) is 36.8 Å². The van der Waals surface area contributed by atoms with Crippen molar-refractivity contribution < 1.29 is 8.42 Å². The van der Waals surface area contributed by atoms with E-state index in [9.17, 15) is 8.42 Å². The maximum absolute atomic E-state index is 13.1. The van der Waals surface area contributed by atoms with Gasteiger partial charge in [-0.25, -0.2) is 8.42 Å². The average molecular weight is 340 g/mol. The van der Waals surface area contributed by atoms with Gasteiger partial charge in [-0.15, -0.1) is 0 Å². The van der Waals surface area contributed by atoms with Gasteiger partial charge in [0.1, 0.15) is 0 Å². The highest BCUT2D eigenvalue weighted by atomic mass is 32.2. The van der Waals surface area contributed by atoms with Crippen molar-refractivity contribution in [2.45, 2.75) is 18.2 Å². The van der Waals surface area contributed by atoms with Crippen molar-refractivity contribution in [3.8, 4) is 0 Å². The lowest BCUT2D eigenvalue weighted by Gasteiger charge is -2.21. The van der Waals surface area contributed by atoms with Gasteiger partial charge in [0.05, 0.1) is 4.90 Å². The Morgan fingerprint density at radius 1 is 0.958 bits per heavy atom. The lowest BCUT2D eigenvalue weighted by Crippen LogP contribution is -2.33. The van der Waals surface area contributed by atoms with Gasteiger partial charge < -0.3 is 0 Å². The van der Waals surface area contributed by atoms with Gasteiger partial charge in [0.25, 0.3) is 0 Å². The zero-order valence-corrected chi connectivity index (χ0v) is 14.4. The third-order valence-corrected chi connectivity index (χ3v) is 6.10. The van der Waals surface area contributed by atoms with E-state index in [1.165, 1.54) is 4.31 Å². The molecule has 3 aromatic rings. The molecule has 5 heteroatoms. The number of fused-ring (bicyclic) bond motifs is 1. The number of nitrogens with zero attached hydrogens (tertiary/aromatic N) is 2. The second-order valence-corrected chi connectivity index (χ2v) is 7.45. The fourth-order valence-electron chi connectivity index (χ4n) is 2.79. The van der Waals surface area contributed by atoms with Gasteiger partial charge in [0.2, 0.25) is 10.0 Å². The summed E-state index contributed by atoms with van der Waals surface area (Å²) in [7, 11) is -3.54. The lowest BCUT2D eigenvalue weighted by atomic mass is 10.1. The first-order valence-corrected chi connectivity index (χ1v) is 9.45. The first-order valence-electron chi connectivity index (χ1n) is 8.00. The second-order valence-electron chi connectivity index (χ2n) is 5.55. The highest BCUT2D eigenvalue weighted by molar-refractivity contribution is 7.89. The molecule has 1 heterocycles. The average Bonchev–Trinajstić information content (AvgIpc) is 2.62. The van der Waals surface area contributed by atoms with E-state index in [0.717, 1.165) is 16.5 Å². The van der Waals surface area contributed by atoms with Crippen LogP contribution in [0, 0.1) is 0 Å². The normalized spacial score (nSPS) is 11.9. The fourth-order valence-corrected chi connectivity index (χ4v) is 4.46. The van der Waals surface area contributed by atoms with Crippen molar-refractivity contribution in [1.82, 2.24) is 9.29 Å². The standard InChI is InChI=1S/C19H20N2O2S/c1-2-21(15-13-17-10-5-6-14-20-17)24(22,23)19-12-7-9-16-8-3-4-11-18(16)19/h3-12,14H,2,13,15H2,1H3. The molecule has 3 rings (SSSR count). The number of pyridine rings is 1. The fraction of sp³-hybridized carbons (Fsp3) is 0.211. The number of sulfonamides is 1. The molecule has 1 aromatic heterocycles. The minimum absolute atomic E-state index is 0.364. The van der Waals surface area contributed by atoms with Crippen LogP contribution in [0.25, 0.3) is 10.8 Å². The molecule has 0 atom stereocenters. The Morgan fingerprint density at radius 3 is 2.46 bits per heavy atom. The highest BCUT2D eigenvalue weighted by Crippen LogP contribution is 2.25. The van der Waals surface area contributed by atoms with Crippen LogP contribution in [0.15, 0.2) is 71.8 Å². The van der Waals surface area contributed by atoms with Crippen molar-refractivity contribution in [1.29, 1.82) is 0 Å². The van der Waals surface area contributed by atoms with E-state index in [4.69, 9.17) is 0 Å². The van der Waals surface area contributed by atoms with Crippen LogP contribution >= 0.6 is 0 Å². The molecule has 0 unspecified atom stereocenters. The first-order chi connectivity index (χ1) is 11.6. The predicted molar refractivity (Wildman–Crippen MR) is 96.3 cm³/mol. The Hall–Kier alpha value is -2.24. The summed E-state index contributed by atoms with van der Waals surface area (Å²) < 4.78 is 27.7. The summed E-state index contributed by atoms with van der Waals surface area (Å²) in [5.74, 6) is 0. The van der Waals surface area contributed by atoms with Crippen LogP contribution in [-0.4, -0.2) is 30.8 Å². The van der Waals surface area contributed by atoms with E-state index in [1.807, 2.05) is 55.5 Å². The largest absolute Gasteiger partial charge is 0.261 e. The van der Waals surface area contributed by atoms with Gasteiger partial charge in [0.15, 0.2) is 0 Å². The molecule has 0 aliphatic rings. The molecule has 24 heavy (non-hydrogen) atoms. The third-order valence-electron chi connectivity index (χ3n) is 4.06. The Bertz CT molecular complexity index is 919. The van der Waals surface area contributed by atoms with Gasteiger partial charge in [-0.2, -0.15) is 4.31 Å².